The molecular formula is C17H20IN3. The number of halogens is 1. The van der Waals surface area contributed by atoms with Gasteiger partial charge >= 0.3 is 0 Å². The number of anilines is 1. The van der Waals surface area contributed by atoms with Crippen LogP contribution in [-0.2, 0) is 6.42 Å². The van der Waals surface area contributed by atoms with Crippen LogP contribution in [0.15, 0.2) is 24.3 Å². The minimum atomic E-state index is 0.647. The molecule has 3 rings (SSSR count). The number of nitrogens with one attached hydrogen (secondary N) is 1. The van der Waals surface area contributed by atoms with Crippen molar-refractivity contribution in [1.82, 2.24) is 9.97 Å². The molecule has 0 saturated heterocycles. The number of aryl methyl sites for hydroxylation is 1. The molecule has 1 N–H and O–H groups in total. The molecule has 21 heavy (non-hydrogen) atoms. The van der Waals surface area contributed by atoms with E-state index in [1.54, 1.807) is 0 Å². The Balaban J connectivity index is 1.94. The molecular weight excluding hydrogens is 373 g/mol. The highest BCUT2D eigenvalue weighted by Gasteiger charge is 2.29. The van der Waals surface area contributed by atoms with E-state index in [0.717, 1.165) is 24.6 Å². The van der Waals surface area contributed by atoms with E-state index in [4.69, 9.17) is 9.97 Å². The lowest BCUT2D eigenvalue weighted by Gasteiger charge is -2.12. The molecule has 0 spiro atoms. The Kier molecular flexibility index (Phi) is 4.42. The maximum Gasteiger partial charge on any atom is 0.143 e. The molecule has 110 valence electrons. The Morgan fingerprint density at radius 2 is 2.10 bits per heavy atom. The number of nitrogens with zero attached hydrogens (tertiary/aromatic N) is 2. The van der Waals surface area contributed by atoms with Gasteiger partial charge in [-0.2, -0.15) is 0 Å². The van der Waals surface area contributed by atoms with Gasteiger partial charge in [0, 0.05) is 18.9 Å². The number of hydrogen-bond acceptors (Lipinski definition) is 3. The van der Waals surface area contributed by atoms with Crippen molar-refractivity contribution in [2.75, 3.05) is 11.9 Å². The maximum atomic E-state index is 4.84. The van der Waals surface area contributed by atoms with Crippen molar-refractivity contribution in [2.45, 2.75) is 39.0 Å². The molecule has 1 heterocycles. The quantitative estimate of drug-likeness (QED) is 0.771. The molecule has 0 amide bonds. The molecule has 0 atom stereocenters. The zero-order valence-corrected chi connectivity index (χ0v) is 14.6. The van der Waals surface area contributed by atoms with Crippen LogP contribution in [0.2, 0.25) is 0 Å². The van der Waals surface area contributed by atoms with E-state index < -0.39 is 0 Å². The second-order valence-electron chi connectivity index (χ2n) is 5.66. The summed E-state index contributed by atoms with van der Waals surface area (Å²) in [6, 6.07) is 8.59. The van der Waals surface area contributed by atoms with Crippen molar-refractivity contribution < 1.29 is 0 Å². The van der Waals surface area contributed by atoms with Crippen molar-refractivity contribution in [2.24, 2.45) is 0 Å². The van der Waals surface area contributed by atoms with Gasteiger partial charge in [-0.1, -0.05) is 29.8 Å². The zero-order valence-electron chi connectivity index (χ0n) is 12.5. The van der Waals surface area contributed by atoms with Crippen LogP contribution in [0.5, 0.6) is 0 Å². The molecule has 3 nitrogen and oxygen atoms in total. The molecule has 1 aliphatic rings. The SMILES string of the molecule is CCNc1nc(Cc2cccc(C)c2)nc(C2CC2)c1I. The Morgan fingerprint density at radius 1 is 1.29 bits per heavy atom. The van der Waals surface area contributed by atoms with Gasteiger partial charge in [0.05, 0.1) is 9.26 Å². The molecule has 1 aliphatic carbocycles. The smallest absolute Gasteiger partial charge is 0.143 e. The van der Waals surface area contributed by atoms with Crippen molar-refractivity contribution in [3.63, 3.8) is 0 Å². The van der Waals surface area contributed by atoms with Crippen molar-refractivity contribution >= 4 is 28.4 Å². The number of rotatable bonds is 5. The summed E-state index contributed by atoms with van der Waals surface area (Å²) >= 11 is 2.39. The van der Waals surface area contributed by atoms with Gasteiger partial charge in [-0.05, 0) is 54.8 Å². The Morgan fingerprint density at radius 3 is 2.76 bits per heavy atom. The molecule has 1 saturated carbocycles. The normalized spacial score (nSPS) is 14.2. The van der Waals surface area contributed by atoms with Crippen LogP contribution in [0.3, 0.4) is 0 Å². The Hall–Kier alpha value is -1.17. The fourth-order valence-electron chi connectivity index (χ4n) is 2.51. The summed E-state index contributed by atoms with van der Waals surface area (Å²) in [6.45, 7) is 5.12. The van der Waals surface area contributed by atoms with Crippen LogP contribution < -0.4 is 5.32 Å². The van der Waals surface area contributed by atoms with E-state index >= 15 is 0 Å². The Bertz CT molecular complexity index is 650. The van der Waals surface area contributed by atoms with Crippen LogP contribution >= 0.6 is 22.6 Å². The second-order valence-corrected chi connectivity index (χ2v) is 6.74. The summed E-state index contributed by atoms with van der Waals surface area (Å²) in [7, 11) is 0. The van der Waals surface area contributed by atoms with Gasteiger partial charge in [0.25, 0.3) is 0 Å². The standard InChI is InChI=1S/C17H20IN3/c1-3-19-17-15(18)16(13-7-8-13)20-14(21-17)10-12-6-4-5-11(2)9-12/h4-6,9,13H,3,7-8,10H2,1-2H3,(H,19,20,21). The minimum absolute atomic E-state index is 0.647. The van der Waals surface area contributed by atoms with Gasteiger partial charge in [-0.25, -0.2) is 9.97 Å². The lowest BCUT2D eigenvalue weighted by molar-refractivity contribution is 0.886. The average molecular weight is 393 g/mol. The first kappa shape index (κ1) is 14.8. The minimum Gasteiger partial charge on any atom is -0.369 e. The number of aromatic nitrogens is 2. The highest BCUT2D eigenvalue weighted by Crippen LogP contribution is 2.42. The highest BCUT2D eigenvalue weighted by atomic mass is 127. The molecule has 1 aromatic carbocycles. The third-order valence-corrected chi connectivity index (χ3v) is 4.74. The van der Waals surface area contributed by atoms with Crippen molar-refractivity contribution in [3.8, 4) is 0 Å². The van der Waals surface area contributed by atoms with E-state index in [0.29, 0.717) is 5.92 Å². The fourth-order valence-corrected chi connectivity index (χ4v) is 3.38. The van der Waals surface area contributed by atoms with Crippen LogP contribution in [0.1, 0.15) is 48.3 Å². The van der Waals surface area contributed by atoms with E-state index in [2.05, 4.69) is 66.0 Å². The van der Waals surface area contributed by atoms with Crippen LogP contribution in [-0.4, -0.2) is 16.5 Å². The molecule has 1 fully saturated rings. The number of hydrogen-bond donors (Lipinski definition) is 1. The van der Waals surface area contributed by atoms with Crippen LogP contribution in [0, 0.1) is 10.5 Å². The van der Waals surface area contributed by atoms with Crippen molar-refractivity contribution in [3.05, 3.63) is 50.5 Å². The third-order valence-electron chi connectivity index (χ3n) is 3.68. The van der Waals surface area contributed by atoms with Gasteiger partial charge in [0.1, 0.15) is 11.6 Å². The number of benzene rings is 1. The maximum absolute atomic E-state index is 4.84. The summed E-state index contributed by atoms with van der Waals surface area (Å²) in [5.41, 5.74) is 3.80. The third kappa shape index (κ3) is 3.54. The summed E-state index contributed by atoms with van der Waals surface area (Å²) < 4.78 is 1.20. The molecule has 0 radical (unpaired) electrons. The molecule has 4 heteroatoms. The summed E-state index contributed by atoms with van der Waals surface area (Å²) in [5.74, 6) is 2.57. The summed E-state index contributed by atoms with van der Waals surface area (Å²) in [4.78, 5) is 9.57. The van der Waals surface area contributed by atoms with Crippen LogP contribution in [0.4, 0.5) is 5.82 Å². The molecule has 0 unspecified atom stereocenters. The summed E-state index contributed by atoms with van der Waals surface area (Å²) in [5, 5.41) is 3.38. The van der Waals surface area contributed by atoms with E-state index in [1.165, 1.54) is 33.2 Å². The van der Waals surface area contributed by atoms with Gasteiger partial charge in [-0.15, -0.1) is 0 Å². The first-order chi connectivity index (χ1) is 10.2. The van der Waals surface area contributed by atoms with Gasteiger partial charge in [-0.3, -0.25) is 0 Å². The monoisotopic (exact) mass is 393 g/mol. The largest absolute Gasteiger partial charge is 0.369 e. The molecule has 1 aromatic heterocycles. The lowest BCUT2D eigenvalue weighted by atomic mass is 10.1. The van der Waals surface area contributed by atoms with Gasteiger partial charge in [0.2, 0.25) is 0 Å². The molecule has 2 aromatic rings. The van der Waals surface area contributed by atoms with Gasteiger partial charge in [0.15, 0.2) is 0 Å². The first-order valence-corrected chi connectivity index (χ1v) is 8.61. The van der Waals surface area contributed by atoms with Gasteiger partial charge < -0.3 is 5.32 Å². The highest BCUT2D eigenvalue weighted by molar-refractivity contribution is 14.1. The van der Waals surface area contributed by atoms with Crippen LogP contribution in [0.25, 0.3) is 0 Å². The van der Waals surface area contributed by atoms with Crippen molar-refractivity contribution in [1.29, 1.82) is 0 Å². The zero-order chi connectivity index (χ0) is 14.8. The predicted molar refractivity (Wildman–Crippen MR) is 94.9 cm³/mol. The lowest BCUT2D eigenvalue weighted by Crippen LogP contribution is -2.09. The van der Waals surface area contributed by atoms with E-state index in [-0.39, 0.29) is 0 Å². The molecule has 0 aliphatic heterocycles. The first-order valence-electron chi connectivity index (χ1n) is 7.53. The van der Waals surface area contributed by atoms with E-state index in [1.807, 2.05) is 0 Å². The average Bonchev–Trinajstić information content (AvgIpc) is 3.27. The second kappa shape index (κ2) is 6.30. The predicted octanol–water partition coefficient (Wildman–Crippen LogP) is 4.29. The fraction of sp³-hybridized carbons (Fsp3) is 0.412. The molecule has 0 bridgehead atoms. The van der Waals surface area contributed by atoms with E-state index in [9.17, 15) is 0 Å². The Labute approximate surface area is 139 Å². The summed E-state index contributed by atoms with van der Waals surface area (Å²) in [6.07, 6.45) is 3.33. The topological polar surface area (TPSA) is 37.8 Å².